The van der Waals surface area contributed by atoms with Crippen LogP contribution < -0.4 is 5.73 Å². The Bertz CT molecular complexity index is 164. The third-order valence-electron chi connectivity index (χ3n) is 3.10. The molecule has 0 aromatic carbocycles. The van der Waals surface area contributed by atoms with E-state index < -0.39 is 0 Å². The highest BCUT2D eigenvalue weighted by Crippen LogP contribution is 2.50. The summed E-state index contributed by atoms with van der Waals surface area (Å²) in [7, 11) is 0. The van der Waals surface area contributed by atoms with Crippen molar-refractivity contribution < 1.29 is 0 Å². The Morgan fingerprint density at radius 1 is 1.50 bits per heavy atom. The predicted molar refractivity (Wildman–Crippen MR) is 44.7 cm³/mol. The number of rotatable bonds is 2. The maximum absolute atomic E-state index is 6.06. The van der Waals surface area contributed by atoms with Crippen LogP contribution in [-0.2, 0) is 0 Å². The molecule has 1 saturated carbocycles. The summed E-state index contributed by atoms with van der Waals surface area (Å²) in [4.78, 5) is 0. The monoisotopic (exact) mass is 139 g/mol. The highest BCUT2D eigenvalue weighted by Gasteiger charge is 2.51. The lowest BCUT2D eigenvalue weighted by Crippen LogP contribution is -2.40. The van der Waals surface area contributed by atoms with E-state index in [4.69, 9.17) is 5.73 Å². The Morgan fingerprint density at radius 3 is 2.00 bits per heavy atom. The second-order valence-corrected chi connectivity index (χ2v) is 4.06. The van der Waals surface area contributed by atoms with Gasteiger partial charge in [0, 0.05) is 11.0 Å². The molecule has 0 aromatic heterocycles. The van der Waals surface area contributed by atoms with E-state index >= 15 is 0 Å². The molecule has 58 valence electrons. The Balaban J connectivity index is 2.77. The van der Waals surface area contributed by atoms with Gasteiger partial charge in [0.2, 0.25) is 0 Å². The number of nitrogens with two attached hydrogens (primary N) is 1. The van der Waals surface area contributed by atoms with Crippen molar-refractivity contribution in [2.45, 2.75) is 39.2 Å². The molecule has 0 radical (unpaired) electrons. The minimum absolute atomic E-state index is 0.0683. The molecule has 0 amide bonds. The van der Waals surface area contributed by atoms with Crippen molar-refractivity contribution in [3.8, 4) is 0 Å². The molecule has 1 fully saturated rings. The van der Waals surface area contributed by atoms with Crippen LogP contribution in [0.4, 0.5) is 0 Å². The highest BCUT2D eigenvalue weighted by atomic mass is 14.9. The first-order valence-corrected chi connectivity index (χ1v) is 3.85. The van der Waals surface area contributed by atoms with Gasteiger partial charge >= 0.3 is 0 Å². The van der Waals surface area contributed by atoms with Crippen LogP contribution in [0, 0.1) is 5.41 Å². The first-order valence-electron chi connectivity index (χ1n) is 3.85. The summed E-state index contributed by atoms with van der Waals surface area (Å²) in [6, 6.07) is 0. The molecule has 1 aliphatic rings. The van der Waals surface area contributed by atoms with Gasteiger partial charge in [0.1, 0.15) is 0 Å². The van der Waals surface area contributed by atoms with Gasteiger partial charge in [-0.15, -0.1) is 0 Å². The summed E-state index contributed by atoms with van der Waals surface area (Å²) < 4.78 is 0. The number of hydrogen-bond acceptors (Lipinski definition) is 1. The summed E-state index contributed by atoms with van der Waals surface area (Å²) in [5, 5.41) is 0. The van der Waals surface area contributed by atoms with Gasteiger partial charge in [-0.25, -0.2) is 0 Å². The van der Waals surface area contributed by atoms with E-state index in [1.54, 1.807) is 0 Å². The van der Waals surface area contributed by atoms with E-state index in [1.165, 1.54) is 5.57 Å². The van der Waals surface area contributed by atoms with Gasteiger partial charge in [-0.05, 0) is 19.8 Å². The third kappa shape index (κ3) is 0.891. The van der Waals surface area contributed by atoms with Crippen molar-refractivity contribution in [1.29, 1.82) is 0 Å². The summed E-state index contributed by atoms with van der Waals surface area (Å²) in [6.07, 6.45) is 2.32. The molecule has 0 aromatic rings. The fourth-order valence-electron chi connectivity index (χ4n) is 1.18. The summed E-state index contributed by atoms with van der Waals surface area (Å²) in [6.45, 7) is 10.4. The first kappa shape index (κ1) is 7.80. The maximum atomic E-state index is 6.06. The van der Waals surface area contributed by atoms with Crippen LogP contribution in [0.5, 0.6) is 0 Å². The lowest BCUT2D eigenvalue weighted by molar-refractivity contribution is 0.329. The zero-order chi connectivity index (χ0) is 7.99. The topological polar surface area (TPSA) is 26.0 Å². The molecule has 1 aliphatic carbocycles. The zero-order valence-corrected chi connectivity index (χ0v) is 7.20. The molecular weight excluding hydrogens is 122 g/mol. The van der Waals surface area contributed by atoms with Crippen LogP contribution in [0.3, 0.4) is 0 Å². The van der Waals surface area contributed by atoms with Gasteiger partial charge < -0.3 is 5.73 Å². The van der Waals surface area contributed by atoms with Crippen molar-refractivity contribution in [1.82, 2.24) is 0 Å². The smallest absolute Gasteiger partial charge is 0.0244 e. The minimum Gasteiger partial charge on any atom is -0.324 e. The molecule has 0 bridgehead atoms. The highest BCUT2D eigenvalue weighted by molar-refractivity contribution is 5.21. The van der Waals surface area contributed by atoms with Crippen molar-refractivity contribution in [3.05, 3.63) is 12.2 Å². The Morgan fingerprint density at radius 2 is 1.90 bits per heavy atom. The van der Waals surface area contributed by atoms with E-state index in [-0.39, 0.29) is 11.0 Å². The molecular formula is C9H17N. The lowest BCUT2D eigenvalue weighted by Gasteiger charge is -2.32. The molecule has 0 spiro atoms. The van der Waals surface area contributed by atoms with Crippen LogP contribution in [-0.4, -0.2) is 5.54 Å². The van der Waals surface area contributed by atoms with E-state index in [9.17, 15) is 0 Å². The Labute approximate surface area is 63.3 Å². The minimum atomic E-state index is 0.0683. The van der Waals surface area contributed by atoms with E-state index in [0.717, 1.165) is 12.8 Å². The molecule has 0 heterocycles. The average Bonchev–Trinajstić information content (AvgIpc) is 2.48. The lowest BCUT2D eigenvalue weighted by atomic mass is 9.77. The van der Waals surface area contributed by atoms with Gasteiger partial charge in [0.15, 0.2) is 0 Å². The van der Waals surface area contributed by atoms with Crippen LogP contribution in [0.2, 0.25) is 0 Å². The Kier molecular flexibility index (Phi) is 1.44. The molecule has 0 aliphatic heterocycles. The fraction of sp³-hybridized carbons (Fsp3) is 0.778. The Hall–Kier alpha value is -0.300. The molecule has 1 nitrogen and oxygen atoms in total. The zero-order valence-electron chi connectivity index (χ0n) is 7.20. The molecule has 0 saturated heterocycles. The van der Waals surface area contributed by atoms with Gasteiger partial charge in [-0.2, -0.15) is 0 Å². The van der Waals surface area contributed by atoms with E-state index in [1.807, 2.05) is 0 Å². The van der Waals surface area contributed by atoms with Gasteiger partial charge in [-0.1, -0.05) is 26.0 Å². The second-order valence-electron chi connectivity index (χ2n) is 4.06. The van der Waals surface area contributed by atoms with E-state index in [0.29, 0.717) is 0 Å². The molecule has 2 N–H and O–H groups in total. The first-order chi connectivity index (χ1) is 4.40. The largest absolute Gasteiger partial charge is 0.324 e. The third-order valence-corrected chi connectivity index (χ3v) is 3.10. The fourth-order valence-corrected chi connectivity index (χ4v) is 1.18. The maximum Gasteiger partial charge on any atom is 0.0244 e. The quantitative estimate of drug-likeness (QED) is 0.582. The van der Waals surface area contributed by atoms with Crippen molar-refractivity contribution in [2.24, 2.45) is 11.1 Å². The van der Waals surface area contributed by atoms with Crippen LogP contribution in [0.25, 0.3) is 0 Å². The summed E-state index contributed by atoms with van der Waals surface area (Å²) in [5.74, 6) is 0. The van der Waals surface area contributed by atoms with Gasteiger partial charge in [0.25, 0.3) is 0 Å². The molecule has 0 unspecified atom stereocenters. The SMILES string of the molecule is C=C(C)C(C)(C)C1(N)CC1. The van der Waals surface area contributed by atoms with Crippen LogP contribution >= 0.6 is 0 Å². The summed E-state index contributed by atoms with van der Waals surface area (Å²) >= 11 is 0. The van der Waals surface area contributed by atoms with Crippen molar-refractivity contribution in [2.75, 3.05) is 0 Å². The van der Waals surface area contributed by atoms with Gasteiger partial charge in [0.05, 0.1) is 0 Å². The average molecular weight is 139 g/mol. The molecule has 1 heteroatoms. The molecule has 10 heavy (non-hydrogen) atoms. The molecule has 1 rings (SSSR count). The van der Waals surface area contributed by atoms with Crippen molar-refractivity contribution in [3.63, 3.8) is 0 Å². The van der Waals surface area contributed by atoms with Gasteiger partial charge in [-0.3, -0.25) is 0 Å². The second kappa shape index (κ2) is 1.85. The molecule has 0 atom stereocenters. The standard InChI is InChI=1S/C9H17N/c1-7(2)8(3,4)9(10)5-6-9/h1,5-6,10H2,2-4H3. The predicted octanol–water partition coefficient (Wildman–Crippen LogP) is 2.08. The number of hydrogen-bond donors (Lipinski definition) is 1. The van der Waals surface area contributed by atoms with E-state index in [2.05, 4.69) is 27.4 Å². The van der Waals surface area contributed by atoms with Crippen LogP contribution in [0.1, 0.15) is 33.6 Å². The van der Waals surface area contributed by atoms with Crippen molar-refractivity contribution >= 4 is 0 Å². The van der Waals surface area contributed by atoms with Crippen LogP contribution in [0.15, 0.2) is 12.2 Å². The normalized spacial score (nSPS) is 22.4. The summed E-state index contributed by atoms with van der Waals surface area (Å²) in [5.41, 5.74) is 7.47.